The molecule has 0 unspecified atom stereocenters. The predicted molar refractivity (Wildman–Crippen MR) is 82.0 cm³/mol. The average Bonchev–Trinajstić information content (AvgIpc) is 2.45. The second-order valence-corrected chi connectivity index (χ2v) is 4.52. The summed E-state index contributed by atoms with van der Waals surface area (Å²) in [4.78, 5) is 13.4. The second-order valence-electron chi connectivity index (χ2n) is 4.52. The van der Waals surface area contributed by atoms with Crippen LogP contribution < -0.4 is 5.73 Å². The van der Waals surface area contributed by atoms with Gasteiger partial charge in [-0.3, -0.25) is 9.69 Å². The van der Waals surface area contributed by atoms with Crippen LogP contribution in [0.15, 0.2) is 42.7 Å². The second kappa shape index (κ2) is 8.17. The summed E-state index contributed by atoms with van der Waals surface area (Å²) in [6, 6.07) is 7.43. The third kappa shape index (κ3) is 4.90. The number of unbranched alkanes of at least 4 members (excludes halogenated alkanes) is 1. The van der Waals surface area contributed by atoms with Crippen molar-refractivity contribution in [1.29, 1.82) is 0 Å². The molecule has 0 bridgehead atoms. The van der Waals surface area contributed by atoms with Crippen molar-refractivity contribution in [2.75, 3.05) is 20.8 Å². The molecule has 0 saturated heterocycles. The van der Waals surface area contributed by atoms with Gasteiger partial charge in [-0.05, 0) is 30.5 Å². The van der Waals surface area contributed by atoms with Gasteiger partial charge in [-0.15, -0.1) is 0 Å². The van der Waals surface area contributed by atoms with E-state index in [1.165, 1.54) is 4.90 Å². The number of rotatable bonds is 7. The molecule has 1 amide bonds. The van der Waals surface area contributed by atoms with Gasteiger partial charge in [0.1, 0.15) is 0 Å². The van der Waals surface area contributed by atoms with Crippen molar-refractivity contribution in [3.05, 3.63) is 53.9 Å². The molecule has 0 aliphatic rings. The maximum Gasteiger partial charge on any atom is 0.259 e. The molecule has 1 aromatic rings. The van der Waals surface area contributed by atoms with Crippen LogP contribution in [0.4, 0.5) is 0 Å². The summed E-state index contributed by atoms with van der Waals surface area (Å²) in [6.07, 6.45) is 6.02. The molecule has 0 atom stereocenters. The lowest BCUT2D eigenvalue weighted by Crippen LogP contribution is -2.29. The van der Waals surface area contributed by atoms with Crippen molar-refractivity contribution in [2.24, 2.45) is 5.73 Å². The van der Waals surface area contributed by atoms with E-state index in [0.717, 1.165) is 25.0 Å². The van der Waals surface area contributed by atoms with E-state index in [4.69, 9.17) is 10.5 Å². The molecular weight excluding hydrogens is 252 g/mol. The van der Waals surface area contributed by atoms with E-state index in [1.54, 1.807) is 20.2 Å². The van der Waals surface area contributed by atoms with E-state index in [9.17, 15) is 4.79 Å². The molecule has 0 spiro atoms. The topological polar surface area (TPSA) is 55.6 Å². The number of nitrogens with two attached hydrogens (primary N) is 1. The van der Waals surface area contributed by atoms with Crippen LogP contribution in [0.2, 0.25) is 0 Å². The molecule has 1 aromatic carbocycles. The van der Waals surface area contributed by atoms with Crippen LogP contribution in [0.25, 0.3) is 6.08 Å². The molecule has 0 aliphatic heterocycles. The Kier molecular flexibility index (Phi) is 6.53. The Morgan fingerprint density at radius 2 is 2.25 bits per heavy atom. The standard InChI is InChI=1S/C16H22N2O2/c1-13(17)18(2)16(19)15-10-7-9-14(12-15)8-5-4-6-11-20-3/h5,7-10,12H,1,4,6,11,17H2,2-3H3/b8-5+. The number of benzene rings is 1. The van der Waals surface area contributed by atoms with Crippen LogP contribution in [-0.4, -0.2) is 31.6 Å². The minimum atomic E-state index is -0.160. The summed E-state index contributed by atoms with van der Waals surface area (Å²) in [5.74, 6) is 0.0719. The molecule has 4 heteroatoms. The van der Waals surface area contributed by atoms with Crippen LogP contribution >= 0.6 is 0 Å². The normalized spacial score (nSPS) is 10.7. The summed E-state index contributed by atoms with van der Waals surface area (Å²) in [7, 11) is 3.30. The number of allylic oxidation sites excluding steroid dienone is 1. The number of nitrogens with zero attached hydrogens (tertiary/aromatic N) is 1. The average molecular weight is 274 g/mol. The first-order valence-electron chi connectivity index (χ1n) is 6.54. The molecule has 4 nitrogen and oxygen atoms in total. The predicted octanol–water partition coefficient (Wildman–Crippen LogP) is 2.63. The number of ether oxygens (including phenoxy) is 1. The lowest BCUT2D eigenvalue weighted by atomic mass is 10.1. The highest BCUT2D eigenvalue weighted by molar-refractivity contribution is 5.95. The summed E-state index contributed by atoms with van der Waals surface area (Å²) in [5, 5.41) is 0. The SMILES string of the molecule is C=C(N)N(C)C(=O)c1cccc(/C=C/CCCOC)c1. The van der Waals surface area contributed by atoms with Gasteiger partial charge in [-0.2, -0.15) is 0 Å². The molecular formula is C16H22N2O2. The fourth-order valence-corrected chi connectivity index (χ4v) is 1.66. The molecule has 0 saturated carbocycles. The molecule has 20 heavy (non-hydrogen) atoms. The Morgan fingerprint density at radius 1 is 1.50 bits per heavy atom. The van der Waals surface area contributed by atoms with Gasteiger partial charge in [0.05, 0.1) is 5.82 Å². The van der Waals surface area contributed by atoms with Crippen molar-refractivity contribution in [3.8, 4) is 0 Å². The number of carbonyl (C=O) groups excluding carboxylic acids is 1. The van der Waals surface area contributed by atoms with Gasteiger partial charge in [-0.1, -0.05) is 30.9 Å². The monoisotopic (exact) mass is 274 g/mol. The summed E-state index contributed by atoms with van der Waals surface area (Å²) in [6.45, 7) is 4.32. The maximum atomic E-state index is 12.1. The number of amides is 1. The number of methoxy groups -OCH3 is 1. The van der Waals surface area contributed by atoms with E-state index in [1.807, 2.05) is 24.3 Å². The first kappa shape index (κ1) is 16.0. The highest BCUT2D eigenvalue weighted by Crippen LogP contribution is 2.11. The number of hydrogen-bond donors (Lipinski definition) is 1. The van der Waals surface area contributed by atoms with E-state index in [-0.39, 0.29) is 11.7 Å². The quantitative estimate of drug-likeness (QED) is 0.778. The summed E-state index contributed by atoms with van der Waals surface area (Å²) in [5.41, 5.74) is 7.11. The third-order valence-electron chi connectivity index (χ3n) is 2.90. The van der Waals surface area contributed by atoms with Crippen LogP contribution in [0.3, 0.4) is 0 Å². The maximum absolute atomic E-state index is 12.1. The zero-order valence-corrected chi connectivity index (χ0v) is 12.1. The first-order valence-corrected chi connectivity index (χ1v) is 6.54. The fraction of sp³-hybridized carbons (Fsp3) is 0.312. The van der Waals surface area contributed by atoms with Gasteiger partial charge in [0.25, 0.3) is 5.91 Å². The zero-order chi connectivity index (χ0) is 15.0. The molecule has 2 N–H and O–H groups in total. The molecule has 0 radical (unpaired) electrons. The summed E-state index contributed by atoms with van der Waals surface area (Å²) < 4.78 is 4.99. The van der Waals surface area contributed by atoms with Crippen LogP contribution in [0.5, 0.6) is 0 Å². The van der Waals surface area contributed by atoms with E-state index < -0.39 is 0 Å². The lowest BCUT2D eigenvalue weighted by Gasteiger charge is -2.16. The number of hydrogen-bond acceptors (Lipinski definition) is 3. The third-order valence-corrected chi connectivity index (χ3v) is 2.90. The Morgan fingerprint density at radius 3 is 2.90 bits per heavy atom. The van der Waals surface area contributed by atoms with Crippen LogP contribution in [0.1, 0.15) is 28.8 Å². The van der Waals surface area contributed by atoms with Gasteiger partial charge >= 0.3 is 0 Å². The zero-order valence-electron chi connectivity index (χ0n) is 12.1. The molecule has 1 rings (SSSR count). The van der Waals surface area contributed by atoms with Crippen molar-refractivity contribution < 1.29 is 9.53 Å². The molecule has 0 aromatic heterocycles. The molecule has 0 aliphatic carbocycles. The highest BCUT2D eigenvalue weighted by atomic mass is 16.5. The van der Waals surface area contributed by atoms with E-state index in [2.05, 4.69) is 12.7 Å². The van der Waals surface area contributed by atoms with Crippen molar-refractivity contribution >= 4 is 12.0 Å². The van der Waals surface area contributed by atoms with Gasteiger partial charge < -0.3 is 10.5 Å². The van der Waals surface area contributed by atoms with Gasteiger partial charge in [0, 0.05) is 26.3 Å². The molecule has 0 fully saturated rings. The highest BCUT2D eigenvalue weighted by Gasteiger charge is 2.12. The Balaban J connectivity index is 2.70. The fourth-order valence-electron chi connectivity index (χ4n) is 1.66. The van der Waals surface area contributed by atoms with E-state index >= 15 is 0 Å². The number of carbonyl (C=O) groups is 1. The van der Waals surface area contributed by atoms with Gasteiger partial charge in [-0.25, -0.2) is 0 Å². The van der Waals surface area contributed by atoms with Crippen molar-refractivity contribution in [1.82, 2.24) is 4.90 Å². The van der Waals surface area contributed by atoms with Crippen LogP contribution in [-0.2, 0) is 4.74 Å². The summed E-state index contributed by atoms with van der Waals surface area (Å²) >= 11 is 0. The van der Waals surface area contributed by atoms with E-state index in [0.29, 0.717) is 5.56 Å². The largest absolute Gasteiger partial charge is 0.386 e. The Hall–Kier alpha value is -2.07. The lowest BCUT2D eigenvalue weighted by molar-refractivity contribution is 0.0835. The van der Waals surface area contributed by atoms with Crippen LogP contribution in [0, 0.1) is 0 Å². The Bertz CT molecular complexity index is 495. The smallest absolute Gasteiger partial charge is 0.259 e. The van der Waals surface area contributed by atoms with Gasteiger partial charge in [0.2, 0.25) is 0 Å². The van der Waals surface area contributed by atoms with Crippen molar-refractivity contribution in [3.63, 3.8) is 0 Å². The van der Waals surface area contributed by atoms with Gasteiger partial charge in [0.15, 0.2) is 0 Å². The molecule has 0 heterocycles. The molecule has 108 valence electrons. The first-order chi connectivity index (χ1) is 9.56. The van der Waals surface area contributed by atoms with Crippen molar-refractivity contribution in [2.45, 2.75) is 12.8 Å². The Labute approximate surface area is 120 Å². The minimum Gasteiger partial charge on any atom is -0.386 e. The minimum absolute atomic E-state index is 0.160.